The monoisotopic (exact) mass is 275 g/mol. The third kappa shape index (κ3) is 3.36. The lowest BCUT2D eigenvalue weighted by Crippen LogP contribution is -2.34. The van der Waals surface area contributed by atoms with Crippen LogP contribution < -0.4 is 16.8 Å². The minimum atomic E-state index is -0.488. The normalized spacial score (nSPS) is 22.3. The number of hydrogen-bond acceptors (Lipinski definition) is 3. The van der Waals surface area contributed by atoms with Crippen LogP contribution in [0.1, 0.15) is 41.6 Å². The second-order valence-corrected chi connectivity index (χ2v) is 5.51. The summed E-state index contributed by atoms with van der Waals surface area (Å²) in [5.41, 5.74) is 13.0. The fourth-order valence-corrected chi connectivity index (χ4v) is 2.68. The smallest absolute Gasteiger partial charge is 0.249 e. The van der Waals surface area contributed by atoms with Gasteiger partial charge < -0.3 is 16.8 Å². The number of aryl methyl sites for hydroxylation is 1. The maximum absolute atomic E-state index is 12.2. The van der Waals surface area contributed by atoms with Gasteiger partial charge >= 0.3 is 0 Å². The predicted octanol–water partition coefficient (Wildman–Crippen LogP) is 1.55. The zero-order chi connectivity index (χ0) is 14.7. The van der Waals surface area contributed by atoms with Gasteiger partial charge in [-0.1, -0.05) is 12.5 Å². The van der Waals surface area contributed by atoms with Crippen molar-refractivity contribution in [3.63, 3.8) is 0 Å². The van der Waals surface area contributed by atoms with E-state index in [1.54, 1.807) is 18.2 Å². The molecule has 0 heterocycles. The molecule has 5 nitrogen and oxygen atoms in total. The molecule has 2 amide bonds. The first-order chi connectivity index (χ1) is 9.47. The molecule has 0 saturated heterocycles. The van der Waals surface area contributed by atoms with Crippen molar-refractivity contribution in [3.05, 3.63) is 29.3 Å². The average Bonchev–Trinajstić information content (AvgIpc) is 2.40. The van der Waals surface area contributed by atoms with Crippen LogP contribution in [0.4, 0.5) is 5.69 Å². The minimum Gasteiger partial charge on any atom is -0.366 e. The van der Waals surface area contributed by atoms with Crippen molar-refractivity contribution in [3.8, 4) is 0 Å². The van der Waals surface area contributed by atoms with Crippen LogP contribution in [0, 0.1) is 12.8 Å². The van der Waals surface area contributed by atoms with E-state index in [-0.39, 0.29) is 17.9 Å². The molecule has 1 aromatic rings. The Morgan fingerprint density at radius 1 is 1.30 bits per heavy atom. The van der Waals surface area contributed by atoms with Crippen LogP contribution in [0.15, 0.2) is 18.2 Å². The number of primary amides is 1. The number of rotatable bonds is 3. The highest BCUT2D eigenvalue weighted by atomic mass is 16.2. The number of benzene rings is 1. The molecule has 1 fully saturated rings. The van der Waals surface area contributed by atoms with Crippen LogP contribution >= 0.6 is 0 Å². The molecule has 5 N–H and O–H groups in total. The van der Waals surface area contributed by atoms with E-state index in [9.17, 15) is 9.59 Å². The van der Waals surface area contributed by atoms with Crippen molar-refractivity contribution in [2.24, 2.45) is 17.4 Å². The van der Waals surface area contributed by atoms with Gasteiger partial charge in [0.25, 0.3) is 0 Å². The van der Waals surface area contributed by atoms with Gasteiger partial charge in [0.05, 0.1) is 0 Å². The quantitative estimate of drug-likeness (QED) is 0.780. The molecule has 2 atom stereocenters. The largest absolute Gasteiger partial charge is 0.366 e. The van der Waals surface area contributed by atoms with Crippen LogP contribution in [-0.2, 0) is 4.79 Å². The van der Waals surface area contributed by atoms with Crippen LogP contribution in [0.3, 0.4) is 0 Å². The molecule has 1 aliphatic carbocycles. The highest BCUT2D eigenvalue weighted by Gasteiger charge is 2.25. The Morgan fingerprint density at radius 3 is 2.70 bits per heavy atom. The molecule has 2 unspecified atom stereocenters. The maximum Gasteiger partial charge on any atom is 0.249 e. The van der Waals surface area contributed by atoms with E-state index in [1.165, 1.54) is 0 Å². The first-order valence-electron chi connectivity index (χ1n) is 6.94. The van der Waals surface area contributed by atoms with Gasteiger partial charge in [0.2, 0.25) is 11.8 Å². The zero-order valence-electron chi connectivity index (χ0n) is 11.7. The van der Waals surface area contributed by atoms with Gasteiger partial charge in [-0.15, -0.1) is 0 Å². The molecule has 0 bridgehead atoms. The molecule has 5 heteroatoms. The summed E-state index contributed by atoms with van der Waals surface area (Å²) in [5, 5.41) is 2.85. The SMILES string of the molecule is Cc1ccc(NC(=O)C2CCCC(N)C2)cc1C(N)=O. The molecule has 1 aromatic carbocycles. The second-order valence-electron chi connectivity index (χ2n) is 5.51. The maximum atomic E-state index is 12.2. The highest BCUT2D eigenvalue weighted by molar-refractivity contribution is 5.98. The number of anilines is 1. The molecule has 1 saturated carbocycles. The fourth-order valence-electron chi connectivity index (χ4n) is 2.68. The van der Waals surface area contributed by atoms with E-state index < -0.39 is 5.91 Å². The Labute approximate surface area is 118 Å². The molecule has 108 valence electrons. The summed E-state index contributed by atoms with van der Waals surface area (Å²) >= 11 is 0. The van der Waals surface area contributed by atoms with E-state index in [4.69, 9.17) is 11.5 Å². The lowest BCUT2D eigenvalue weighted by atomic mass is 9.85. The van der Waals surface area contributed by atoms with Gasteiger partial charge in [-0.25, -0.2) is 0 Å². The van der Waals surface area contributed by atoms with Crippen molar-refractivity contribution >= 4 is 17.5 Å². The van der Waals surface area contributed by atoms with Crippen LogP contribution in [0.2, 0.25) is 0 Å². The van der Waals surface area contributed by atoms with Crippen LogP contribution in [0.25, 0.3) is 0 Å². The predicted molar refractivity (Wildman–Crippen MR) is 78.3 cm³/mol. The molecule has 2 rings (SSSR count). The molecule has 0 aromatic heterocycles. The van der Waals surface area contributed by atoms with Crippen molar-refractivity contribution in [1.29, 1.82) is 0 Å². The number of hydrogen-bond donors (Lipinski definition) is 3. The zero-order valence-corrected chi connectivity index (χ0v) is 11.7. The van der Waals surface area contributed by atoms with E-state index in [1.807, 2.05) is 6.92 Å². The van der Waals surface area contributed by atoms with E-state index in [0.29, 0.717) is 11.3 Å². The Kier molecular flexibility index (Phi) is 4.39. The topological polar surface area (TPSA) is 98.2 Å². The summed E-state index contributed by atoms with van der Waals surface area (Å²) in [7, 11) is 0. The number of nitrogens with one attached hydrogen (secondary N) is 1. The molecule has 0 spiro atoms. The van der Waals surface area contributed by atoms with Gasteiger partial charge in [0.15, 0.2) is 0 Å². The minimum absolute atomic E-state index is 0.0283. The Hall–Kier alpha value is -1.88. The van der Waals surface area contributed by atoms with E-state index in [2.05, 4.69) is 5.32 Å². The van der Waals surface area contributed by atoms with Gasteiger partial charge in [-0.3, -0.25) is 9.59 Å². The summed E-state index contributed by atoms with van der Waals surface area (Å²) < 4.78 is 0. The highest BCUT2D eigenvalue weighted by Crippen LogP contribution is 2.25. The van der Waals surface area contributed by atoms with E-state index in [0.717, 1.165) is 31.2 Å². The molecular formula is C15H21N3O2. The Bertz CT molecular complexity index is 528. The summed E-state index contributed by atoms with van der Waals surface area (Å²) in [6.45, 7) is 1.81. The summed E-state index contributed by atoms with van der Waals surface area (Å²) in [4.78, 5) is 23.5. The van der Waals surface area contributed by atoms with Crippen molar-refractivity contribution in [2.45, 2.75) is 38.6 Å². The second kappa shape index (κ2) is 6.05. The standard InChI is InChI=1S/C15H21N3O2/c1-9-5-6-12(8-13(9)14(17)19)18-15(20)10-3-2-4-11(16)7-10/h5-6,8,10-11H,2-4,7,16H2,1H3,(H2,17,19)(H,18,20). The van der Waals surface area contributed by atoms with Gasteiger partial charge in [-0.2, -0.15) is 0 Å². The molecule has 20 heavy (non-hydrogen) atoms. The third-order valence-electron chi connectivity index (χ3n) is 3.86. The lowest BCUT2D eigenvalue weighted by Gasteiger charge is -2.25. The average molecular weight is 275 g/mol. The van der Waals surface area contributed by atoms with E-state index >= 15 is 0 Å². The summed E-state index contributed by atoms with van der Waals surface area (Å²) in [6, 6.07) is 5.29. The van der Waals surface area contributed by atoms with Crippen molar-refractivity contribution in [1.82, 2.24) is 0 Å². The van der Waals surface area contributed by atoms with Crippen LogP contribution in [-0.4, -0.2) is 17.9 Å². The van der Waals surface area contributed by atoms with Crippen molar-refractivity contribution in [2.75, 3.05) is 5.32 Å². The van der Waals surface area contributed by atoms with Gasteiger partial charge in [-0.05, 0) is 43.9 Å². The number of carbonyl (C=O) groups is 2. The first-order valence-corrected chi connectivity index (χ1v) is 6.94. The van der Waals surface area contributed by atoms with Gasteiger partial charge in [0, 0.05) is 23.2 Å². The Balaban J connectivity index is 2.07. The molecule has 0 aliphatic heterocycles. The summed E-state index contributed by atoms with van der Waals surface area (Å²) in [5.74, 6) is -0.560. The third-order valence-corrected chi connectivity index (χ3v) is 3.86. The number of carbonyl (C=O) groups excluding carboxylic acids is 2. The molecule has 0 radical (unpaired) electrons. The lowest BCUT2D eigenvalue weighted by molar-refractivity contribution is -0.120. The fraction of sp³-hybridized carbons (Fsp3) is 0.467. The van der Waals surface area contributed by atoms with Crippen LogP contribution in [0.5, 0.6) is 0 Å². The molecule has 1 aliphatic rings. The van der Waals surface area contributed by atoms with Crippen molar-refractivity contribution < 1.29 is 9.59 Å². The number of amides is 2. The van der Waals surface area contributed by atoms with Gasteiger partial charge in [0.1, 0.15) is 0 Å². The molecular weight excluding hydrogens is 254 g/mol. The summed E-state index contributed by atoms with van der Waals surface area (Å²) in [6.07, 6.45) is 3.56. The first kappa shape index (κ1) is 14.5. The number of nitrogens with two attached hydrogens (primary N) is 2. The Morgan fingerprint density at radius 2 is 2.05 bits per heavy atom.